The summed E-state index contributed by atoms with van der Waals surface area (Å²) in [6.07, 6.45) is 0.864. The Morgan fingerprint density at radius 1 is 1.25 bits per heavy atom. The summed E-state index contributed by atoms with van der Waals surface area (Å²) < 4.78 is 0. The zero-order valence-electron chi connectivity index (χ0n) is 10.8. The second kappa shape index (κ2) is 6.35. The smallest absolute Gasteiger partial charge is 0.315 e. The van der Waals surface area contributed by atoms with Gasteiger partial charge in [0.15, 0.2) is 0 Å². The molecule has 0 aliphatic heterocycles. The standard InChI is InChI=1S/C11H23N3O2/c1-6-8(3)13-9(15)11(4,5)14-10(16)12-7-2/h8H,6-7H2,1-5H3,(H,13,15)(H2,12,14,16). The van der Waals surface area contributed by atoms with Crippen molar-refractivity contribution in [1.29, 1.82) is 0 Å². The van der Waals surface area contributed by atoms with Crippen LogP contribution in [-0.4, -0.2) is 30.1 Å². The van der Waals surface area contributed by atoms with Crippen molar-refractivity contribution in [2.24, 2.45) is 0 Å². The summed E-state index contributed by atoms with van der Waals surface area (Å²) in [4.78, 5) is 23.1. The predicted octanol–water partition coefficient (Wildman–Crippen LogP) is 0.999. The van der Waals surface area contributed by atoms with Crippen molar-refractivity contribution in [3.63, 3.8) is 0 Å². The average Bonchev–Trinajstić information content (AvgIpc) is 2.16. The molecule has 0 radical (unpaired) electrons. The number of rotatable bonds is 5. The summed E-state index contributed by atoms with van der Waals surface area (Å²) in [5.41, 5.74) is -0.900. The van der Waals surface area contributed by atoms with Crippen molar-refractivity contribution >= 4 is 11.9 Å². The van der Waals surface area contributed by atoms with Crippen LogP contribution in [-0.2, 0) is 4.79 Å². The van der Waals surface area contributed by atoms with Crippen molar-refractivity contribution < 1.29 is 9.59 Å². The Hall–Kier alpha value is -1.26. The van der Waals surface area contributed by atoms with Gasteiger partial charge in [0.25, 0.3) is 0 Å². The number of carbonyl (C=O) groups is 2. The molecule has 0 saturated carbocycles. The quantitative estimate of drug-likeness (QED) is 0.658. The van der Waals surface area contributed by atoms with E-state index in [9.17, 15) is 9.59 Å². The molecule has 0 bridgehead atoms. The first-order valence-electron chi connectivity index (χ1n) is 5.70. The highest BCUT2D eigenvalue weighted by molar-refractivity contribution is 5.90. The number of hydrogen-bond acceptors (Lipinski definition) is 2. The first kappa shape index (κ1) is 14.7. The summed E-state index contributed by atoms with van der Waals surface area (Å²) in [6, 6.07) is -0.213. The van der Waals surface area contributed by atoms with Gasteiger partial charge in [-0.2, -0.15) is 0 Å². The van der Waals surface area contributed by atoms with Crippen LogP contribution >= 0.6 is 0 Å². The molecule has 5 heteroatoms. The molecule has 0 spiro atoms. The maximum atomic E-state index is 11.8. The Morgan fingerprint density at radius 3 is 2.25 bits per heavy atom. The molecule has 3 amide bonds. The molecule has 0 saturated heterocycles. The van der Waals surface area contributed by atoms with E-state index in [1.54, 1.807) is 13.8 Å². The lowest BCUT2D eigenvalue weighted by molar-refractivity contribution is -0.126. The molecule has 5 nitrogen and oxygen atoms in total. The SMILES string of the molecule is CCNC(=O)NC(C)(C)C(=O)NC(C)CC. The Kier molecular flexibility index (Phi) is 5.85. The van der Waals surface area contributed by atoms with Crippen LogP contribution in [0.1, 0.15) is 41.0 Å². The molecule has 0 aliphatic rings. The lowest BCUT2D eigenvalue weighted by atomic mass is 10.0. The van der Waals surface area contributed by atoms with E-state index in [1.807, 2.05) is 20.8 Å². The molecule has 1 atom stereocenters. The molecule has 0 fully saturated rings. The molecule has 0 rings (SSSR count). The highest BCUT2D eigenvalue weighted by Gasteiger charge is 2.29. The lowest BCUT2D eigenvalue weighted by Gasteiger charge is -2.26. The Balaban J connectivity index is 4.30. The van der Waals surface area contributed by atoms with Crippen molar-refractivity contribution in [2.45, 2.75) is 52.6 Å². The Bertz CT molecular complexity index is 252. The van der Waals surface area contributed by atoms with E-state index in [1.165, 1.54) is 0 Å². The third-order valence-electron chi connectivity index (χ3n) is 2.32. The molecule has 0 aliphatic carbocycles. The van der Waals surface area contributed by atoms with Gasteiger partial charge in [0.05, 0.1) is 0 Å². The van der Waals surface area contributed by atoms with Gasteiger partial charge in [-0.15, -0.1) is 0 Å². The maximum absolute atomic E-state index is 11.8. The van der Waals surface area contributed by atoms with E-state index in [2.05, 4.69) is 16.0 Å². The van der Waals surface area contributed by atoms with E-state index < -0.39 is 5.54 Å². The van der Waals surface area contributed by atoms with Gasteiger partial charge in [-0.3, -0.25) is 4.79 Å². The molecule has 3 N–H and O–H groups in total. The van der Waals surface area contributed by atoms with Crippen molar-refractivity contribution in [2.75, 3.05) is 6.54 Å². The second-order valence-electron chi connectivity index (χ2n) is 4.39. The molecule has 0 aromatic carbocycles. The first-order chi connectivity index (χ1) is 7.33. The fraction of sp³-hybridized carbons (Fsp3) is 0.818. The highest BCUT2D eigenvalue weighted by atomic mass is 16.2. The topological polar surface area (TPSA) is 70.2 Å². The summed E-state index contributed by atoms with van der Waals surface area (Å²) in [6.45, 7) is 9.65. The van der Waals surface area contributed by atoms with Gasteiger partial charge in [0.2, 0.25) is 5.91 Å². The molecular formula is C11H23N3O2. The van der Waals surface area contributed by atoms with Crippen molar-refractivity contribution in [3.8, 4) is 0 Å². The molecule has 94 valence electrons. The number of nitrogens with one attached hydrogen (secondary N) is 3. The van der Waals surface area contributed by atoms with Crippen LogP contribution in [0.2, 0.25) is 0 Å². The van der Waals surface area contributed by atoms with Gasteiger partial charge >= 0.3 is 6.03 Å². The number of hydrogen-bond donors (Lipinski definition) is 3. The van der Waals surface area contributed by atoms with Gasteiger partial charge < -0.3 is 16.0 Å². The minimum absolute atomic E-state index is 0.114. The Morgan fingerprint density at radius 2 is 1.81 bits per heavy atom. The molecule has 0 heterocycles. The van der Waals surface area contributed by atoms with Gasteiger partial charge in [-0.25, -0.2) is 4.79 Å². The van der Waals surface area contributed by atoms with Crippen LogP contribution in [0.25, 0.3) is 0 Å². The second-order valence-corrected chi connectivity index (χ2v) is 4.39. The molecule has 0 aromatic heterocycles. The van der Waals surface area contributed by atoms with Crippen molar-refractivity contribution in [3.05, 3.63) is 0 Å². The number of amides is 3. The lowest BCUT2D eigenvalue weighted by Crippen LogP contribution is -2.58. The van der Waals surface area contributed by atoms with Gasteiger partial charge in [-0.05, 0) is 34.1 Å². The van der Waals surface area contributed by atoms with E-state index in [4.69, 9.17) is 0 Å². The first-order valence-corrected chi connectivity index (χ1v) is 5.70. The fourth-order valence-electron chi connectivity index (χ4n) is 1.05. The zero-order chi connectivity index (χ0) is 12.8. The molecule has 16 heavy (non-hydrogen) atoms. The molecule has 1 unspecified atom stereocenters. The van der Waals surface area contributed by atoms with Gasteiger partial charge in [-0.1, -0.05) is 6.92 Å². The zero-order valence-corrected chi connectivity index (χ0v) is 10.8. The number of urea groups is 1. The van der Waals surface area contributed by atoms with Crippen LogP contribution in [0.4, 0.5) is 4.79 Å². The van der Waals surface area contributed by atoms with Crippen LogP contribution in [0.3, 0.4) is 0 Å². The highest BCUT2D eigenvalue weighted by Crippen LogP contribution is 2.03. The van der Waals surface area contributed by atoms with Crippen LogP contribution < -0.4 is 16.0 Å². The van der Waals surface area contributed by atoms with E-state index >= 15 is 0 Å². The van der Waals surface area contributed by atoms with E-state index in [0.29, 0.717) is 6.54 Å². The normalized spacial score (nSPS) is 12.8. The Labute approximate surface area is 97.4 Å². The summed E-state index contributed by atoms with van der Waals surface area (Å²) in [7, 11) is 0. The minimum atomic E-state index is -0.900. The fourth-order valence-corrected chi connectivity index (χ4v) is 1.05. The van der Waals surface area contributed by atoms with Gasteiger partial charge in [0, 0.05) is 12.6 Å². The minimum Gasteiger partial charge on any atom is -0.352 e. The van der Waals surface area contributed by atoms with E-state index in [0.717, 1.165) is 6.42 Å². The summed E-state index contributed by atoms with van der Waals surface area (Å²) in [5.74, 6) is -0.173. The van der Waals surface area contributed by atoms with Crippen molar-refractivity contribution in [1.82, 2.24) is 16.0 Å². The average molecular weight is 229 g/mol. The molecule has 0 aromatic rings. The molecular weight excluding hydrogens is 206 g/mol. The predicted molar refractivity (Wildman–Crippen MR) is 64.2 cm³/mol. The number of carbonyl (C=O) groups excluding carboxylic acids is 2. The third kappa shape index (κ3) is 5.00. The largest absolute Gasteiger partial charge is 0.352 e. The van der Waals surface area contributed by atoms with Crippen LogP contribution in [0, 0.1) is 0 Å². The van der Waals surface area contributed by atoms with Crippen LogP contribution in [0.15, 0.2) is 0 Å². The summed E-state index contributed by atoms with van der Waals surface area (Å²) >= 11 is 0. The monoisotopic (exact) mass is 229 g/mol. The van der Waals surface area contributed by atoms with E-state index in [-0.39, 0.29) is 18.0 Å². The third-order valence-corrected chi connectivity index (χ3v) is 2.32. The van der Waals surface area contributed by atoms with Gasteiger partial charge in [0.1, 0.15) is 5.54 Å². The van der Waals surface area contributed by atoms with Crippen LogP contribution in [0.5, 0.6) is 0 Å². The maximum Gasteiger partial charge on any atom is 0.315 e. The summed E-state index contributed by atoms with van der Waals surface area (Å²) in [5, 5.41) is 8.05.